The summed E-state index contributed by atoms with van der Waals surface area (Å²) in [6.07, 6.45) is 10.4. The lowest BCUT2D eigenvalue weighted by Gasteiger charge is -2.16. The molecule has 1 saturated heterocycles. The van der Waals surface area contributed by atoms with Gasteiger partial charge in [0.25, 0.3) is 0 Å². The Balaban J connectivity index is 1.83. The Morgan fingerprint density at radius 2 is 2.27 bits per heavy atom. The second-order valence-electron chi connectivity index (χ2n) is 5.86. The van der Waals surface area contributed by atoms with E-state index in [0.717, 1.165) is 23.8 Å². The number of hydrogen-bond donors (Lipinski definition) is 0. The normalized spacial score (nSPS) is 27.1. The van der Waals surface area contributed by atoms with E-state index in [9.17, 15) is 8.42 Å². The third kappa shape index (κ3) is 3.46. The van der Waals surface area contributed by atoms with E-state index in [1.54, 1.807) is 11.8 Å². The molecule has 1 aromatic heterocycles. The van der Waals surface area contributed by atoms with Crippen molar-refractivity contribution < 1.29 is 8.42 Å². The molecule has 0 spiro atoms. The maximum atomic E-state index is 11.7. The van der Waals surface area contributed by atoms with Crippen molar-refractivity contribution in [2.24, 2.45) is 0 Å². The van der Waals surface area contributed by atoms with E-state index in [4.69, 9.17) is 0 Å². The van der Waals surface area contributed by atoms with E-state index in [-0.39, 0.29) is 17.4 Å². The Bertz CT molecular complexity index is 679. The molecule has 0 N–H and O–H groups in total. The van der Waals surface area contributed by atoms with Crippen molar-refractivity contribution in [3.8, 4) is 0 Å². The first-order valence-electron chi connectivity index (χ1n) is 7.67. The van der Waals surface area contributed by atoms with E-state index in [1.807, 2.05) is 10.6 Å². The summed E-state index contributed by atoms with van der Waals surface area (Å²) in [5.74, 6) is 1.21. The second-order valence-corrected chi connectivity index (χ2v) is 9.29. The smallest absolute Gasteiger partial charge is 0.192 e. The van der Waals surface area contributed by atoms with Crippen LogP contribution in [0.15, 0.2) is 30.0 Å². The molecule has 1 fully saturated rings. The number of rotatable bonds is 5. The fourth-order valence-electron chi connectivity index (χ4n) is 3.00. The summed E-state index contributed by atoms with van der Waals surface area (Å²) in [4.78, 5) is 0. The van der Waals surface area contributed by atoms with Crippen LogP contribution in [-0.2, 0) is 16.4 Å². The summed E-state index contributed by atoms with van der Waals surface area (Å²) in [6, 6.07) is 0. The molecule has 0 aromatic carbocycles. The van der Waals surface area contributed by atoms with Crippen molar-refractivity contribution in [2.45, 2.75) is 48.6 Å². The van der Waals surface area contributed by atoms with Crippen LogP contribution in [0, 0.1) is 0 Å². The highest BCUT2D eigenvalue weighted by Crippen LogP contribution is 2.33. The summed E-state index contributed by atoms with van der Waals surface area (Å²) in [7, 11) is -2.92. The molecule has 0 radical (unpaired) electrons. The van der Waals surface area contributed by atoms with Gasteiger partial charge in [-0.15, -0.1) is 16.8 Å². The SMILES string of the molecule is C=CCn1c(S[C@@H]2C=CCCC2)nnc1[C@@H]1CCS(=O)(=O)C1. The van der Waals surface area contributed by atoms with Crippen LogP contribution in [0.25, 0.3) is 0 Å². The van der Waals surface area contributed by atoms with Crippen molar-refractivity contribution in [2.75, 3.05) is 11.5 Å². The van der Waals surface area contributed by atoms with Crippen LogP contribution in [-0.4, -0.2) is 39.9 Å². The van der Waals surface area contributed by atoms with Gasteiger partial charge in [-0.1, -0.05) is 30.0 Å². The molecule has 7 heteroatoms. The standard InChI is InChI=1S/C15H21N3O2S2/c1-2-9-18-14(12-8-10-22(19,20)11-12)16-17-15(18)21-13-6-4-3-5-7-13/h2,4,6,12-13H,1,3,5,7-11H2/t12-,13-/m1/s1. The summed E-state index contributed by atoms with van der Waals surface area (Å²) in [5, 5.41) is 9.93. The summed E-state index contributed by atoms with van der Waals surface area (Å²) < 4.78 is 25.5. The zero-order chi connectivity index (χ0) is 15.6. The Kier molecular flexibility index (Phi) is 4.73. The van der Waals surface area contributed by atoms with E-state index < -0.39 is 9.84 Å². The van der Waals surface area contributed by atoms with Crippen LogP contribution < -0.4 is 0 Å². The van der Waals surface area contributed by atoms with Crippen LogP contribution >= 0.6 is 11.8 Å². The first-order chi connectivity index (χ1) is 10.6. The molecule has 0 saturated carbocycles. The largest absolute Gasteiger partial charge is 0.302 e. The zero-order valence-corrected chi connectivity index (χ0v) is 14.2. The average molecular weight is 339 g/mol. The Labute approximate surface area is 135 Å². The van der Waals surface area contributed by atoms with Gasteiger partial charge < -0.3 is 4.57 Å². The third-order valence-corrected chi connectivity index (χ3v) is 7.10. The number of thioether (sulfide) groups is 1. The fourth-order valence-corrected chi connectivity index (χ4v) is 5.87. The van der Waals surface area contributed by atoms with Crippen LogP contribution in [0.1, 0.15) is 37.4 Å². The third-order valence-electron chi connectivity index (χ3n) is 4.12. The molecular weight excluding hydrogens is 318 g/mol. The predicted molar refractivity (Wildman–Crippen MR) is 88.9 cm³/mol. The molecule has 120 valence electrons. The molecule has 1 aromatic rings. The summed E-state index contributed by atoms with van der Waals surface area (Å²) in [6.45, 7) is 4.42. The molecule has 2 heterocycles. The predicted octanol–water partition coefficient (Wildman–Crippen LogP) is 2.57. The number of aromatic nitrogens is 3. The van der Waals surface area contributed by atoms with E-state index >= 15 is 0 Å². The quantitative estimate of drug-likeness (QED) is 0.772. The van der Waals surface area contributed by atoms with Gasteiger partial charge in [0.05, 0.1) is 11.5 Å². The van der Waals surface area contributed by atoms with Gasteiger partial charge in [-0.2, -0.15) is 0 Å². The van der Waals surface area contributed by atoms with Gasteiger partial charge in [0, 0.05) is 17.7 Å². The highest BCUT2D eigenvalue weighted by atomic mass is 32.2. The van der Waals surface area contributed by atoms with E-state index in [0.29, 0.717) is 18.2 Å². The lowest BCUT2D eigenvalue weighted by Crippen LogP contribution is -2.12. The topological polar surface area (TPSA) is 64.8 Å². The number of hydrogen-bond acceptors (Lipinski definition) is 5. The van der Waals surface area contributed by atoms with Gasteiger partial charge in [-0.05, 0) is 25.7 Å². The highest BCUT2D eigenvalue weighted by molar-refractivity contribution is 7.99. The van der Waals surface area contributed by atoms with Crippen molar-refractivity contribution in [3.63, 3.8) is 0 Å². The van der Waals surface area contributed by atoms with Crippen molar-refractivity contribution in [3.05, 3.63) is 30.6 Å². The summed E-state index contributed by atoms with van der Waals surface area (Å²) >= 11 is 1.72. The summed E-state index contributed by atoms with van der Waals surface area (Å²) in [5.41, 5.74) is 0. The Morgan fingerprint density at radius 1 is 1.41 bits per heavy atom. The molecule has 1 aliphatic heterocycles. The first kappa shape index (κ1) is 15.8. The highest BCUT2D eigenvalue weighted by Gasteiger charge is 2.33. The molecule has 0 amide bonds. The first-order valence-corrected chi connectivity index (χ1v) is 10.4. The maximum absolute atomic E-state index is 11.7. The van der Waals surface area contributed by atoms with Crippen molar-refractivity contribution in [1.29, 1.82) is 0 Å². The van der Waals surface area contributed by atoms with Gasteiger partial charge in [-0.3, -0.25) is 0 Å². The van der Waals surface area contributed by atoms with Crippen LogP contribution in [0.3, 0.4) is 0 Å². The van der Waals surface area contributed by atoms with Gasteiger partial charge in [0.1, 0.15) is 5.82 Å². The Hall–Kier alpha value is -1.08. The molecule has 3 rings (SSSR count). The minimum Gasteiger partial charge on any atom is -0.302 e. The van der Waals surface area contributed by atoms with Crippen molar-refractivity contribution >= 4 is 21.6 Å². The average Bonchev–Trinajstić information content (AvgIpc) is 3.04. The monoisotopic (exact) mass is 339 g/mol. The maximum Gasteiger partial charge on any atom is 0.192 e. The fraction of sp³-hybridized carbons (Fsp3) is 0.600. The molecule has 0 unspecified atom stereocenters. The van der Waals surface area contributed by atoms with Gasteiger partial charge in [0.2, 0.25) is 0 Å². The lowest BCUT2D eigenvalue weighted by molar-refractivity contribution is 0.597. The van der Waals surface area contributed by atoms with Gasteiger partial charge >= 0.3 is 0 Å². The van der Waals surface area contributed by atoms with E-state index in [2.05, 4.69) is 28.9 Å². The molecule has 5 nitrogen and oxygen atoms in total. The Morgan fingerprint density at radius 3 is 2.91 bits per heavy atom. The molecule has 0 bridgehead atoms. The molecular formula is C15H21N3O2S2. The number of nitrogens with zero attached hydrogens (tertiary/aromatic N) is 3. The molecule has 2 atom stereocenters. The lowest BCUT2D eigenvalue weighted by atomic mass is 10.1. The van der Waals surface area contributed by atoms with Gasteiger partial charge in [0.15, 0.2) is 15.0 Å². The van der Waals surface area contributed by atoms with Crippen LogP contribution in [0.2, 0.25) is 0 Å². The van der Waals surface area contributed by atoms with Crippen LogP contribution in [0.5, 0.6) is 0 Å². The minimum absolute atomic E-state index is 0.0336. The van der Waals surface area contributed by atoms with Crippen molar-refractivity contribution in [1.82, 2.24) is 14.8 Å². The molecule has 22 heavy (non-hydrogen) atoms. The number of allylic oxidation sites excluding steroid dienone is 2. The van der Waals surface area contributed by atoms with E-state index in [1.165, 1.54) is 6.42 Å². The minimum atomic E-state index is -2.92. The molecule has 1 aliphatic carbocycles. The number of sulfone groups is 1. The second kappa shape index (κ2) is 6.58. The van der Waals surface area contributed by atoms with Gasteiger partial charge in [-0.25, -0.2) is 8.42 Å². The van der Waals surface area contributed by atoms with Crippen LogP contribution in [0.4, 0.5) is 0 Å². The zero-order valence-electron chi connectivity index (χ0n) is 12.5. The molecule has 2 aliphatic rings.